The van der Waals surface area contributed by atoms with Gasteiger partial charge in [0.05, 0.1) is 23.5 Å². The highest BCUT2D eigenvalue weighted by Gasteiger charge is 2.35. The van der Waals surface area contributed by atoms with Gasteiger partial charge in [-0.05, 0) is 35.5 Å². The summed E-state index contributed by atoms with van der Waals surface area (Å²) in [6.45, 7) is 0.154. The number of thioether (sulfide) groups is 1. The Hall–Kier alpha value is -2.65. The Balaban J connectivity index is 1.89. The zero-order chi connectivity index (χ0) is 19.6. The third-order valence-electron chi connectivity index (χ3n) is 3.84. The molecular formula is C18H13BrN2O5S. The minimum Gasteiger partial charge on any atom is -0.490 e. The fourth-order valence-electron chi connectivity index (χ4n) is 2.57. The first kappa shape index (κ1) is 19.1. The topological polar surface area (TPSA) is 89.8 Å². The highest BCUT2D eigenvalue weighted by Crippen LogP contribution is 2.37. The van der Waals surface area contributed by atoms with Crippen LogP contribution in [-0.2, 0) is 11.3 Å². The summed E-state index contributed by atoms with van der Waals surface area (Å²) in [5.74, 6) is -0.399. The van der Waals surface area contributed by atoms with Crippen molar-refractivity contribution >= 4 is 50.6 Å². The van der Waals surface area contributed by atoms with Crippen LogP contribution in [0.3, 0.4) is 0 Å². The van der Waals surface area contributed by atoms with Crippen LogP contribution < -0.4 is 4.74 Å². The van der Waals surface area contributed by atoms with E-state index in [9.17, 15) is 19.7 Å². The summed E-state index contributed by atoms with van der Waals surface area (Å²) in [4.78, 5) is 36.8. The van der Waals surface area contributed by atoms with Crippen LogP contribution in [0.1, 0.15) is 11.1 Å². The van der Waals surface area contributed by atoms with Crippen LogP contribution >= 0.6 is 27.7 Å². The smallest absolute Gasteiger partial charge is 0.311 e. The zero-order valence-corrected chi connectivity index (χ0v) is 16.5. The van der Waals surface area contributed by atoms with Gasteiger partial charge in [0.1, 0.15) is 0 Å². The Morgan fingerprint density at radius 3 is 2.56 bits per heavy atom. The monoisotopic (exact) mass is 448 g/mol. The highest BCUT2D eigenvalue weighted by atomic mass is 79.9. The first-order chi connectivity index (χ1) is 12.9. The second-order valence-corrected chi connectivity index (χ2v) is 7.46. The van der Waals surface area contributed by atoms with E-state index in [0.29, 0.717) is 5.56 Å². The lowest BCUT2D eigenvalue weighted by molar-refractivity contribution is -0.385. The first-order valence-corrected chi connectivity index (χ1v) is 9.33. The zero-order valence-electron chi connectivity index (χ0n) is 14.0. The minimum absolute atomic E-state index is 0.0437. The van der Waals surface area contributed by atoms with Crippen LogP contribution in [-0.4, -0.2) is 28.1 Å². The van der Waals surface area contributed by atoms with Crippen LogP contribution in [0.15, 0.2) is 51.8 Å². The van der Waals surface area contributed by atoms with E-state index in [2.05, 4.69) is 15.9 Å². The summed E-state index contributed by atoms with van der Waals surface area (Å²) < 4.78 is 6.04. The van der Waals surface area contributed by atoms with Crippen LogP contribution in [0.4, 0.5) is 10.5 Å². The number of nitro benzene ring substituents is 1. The molecular weight excluding hydrogens is 436 g/mol. The second kappa shape index (κ2) is 7.93. The van der Waals surface area contributed by atoms with E-state index in [1.54, 1.807) is 6.07 Å². The van der Waals surface area contributed by atoms with Gasteiger partial charge in [-0.1, -0.05) is 40.2 Å². The van der Waals surface area contributed by atoms with Crippen LogP contribution in [0.25, 0.3) is 6.08 Å². The lowest BCUT2D eigenvalue weighted by Gasteiger charge is -2.12. The molecule has 27 heavy (non-hydrogen) atoms. The normalized spacial score (nSPS) is 15.5. The van der Waals surface area contributed by atoms with Gasteiger partial charge in [-0.3, -0.25) is 24.6 Å². The summed E-state index contributed by atoms with van der Waals surface area (Å²) in [5.41, 5.74) is 0.968. The molecule has 0 unspecified atom stereocenters. The van der Waals surface area contributed by atoms with Crippen molar-refractivity contribution in [3.05, 3.63) is 73.1 Å². The van der Waals surface area contributed by atoms with Gasteiger partial charge in [-0.25, -0.2) is 0 Å². The molecule has 0 atom stereocenters. The van der Waals surface area contributed by atoms with E-state index in [0.717, 1.165) is 26.7 Å². The van der Waals surface area contributed by atoms with Gasteiger partial charge in [-0.2, -0.15) is 0 Å². The number of methoxy groups -OCH3 is 1. The number of rotatable bonds is 5. The van der Waals surface area contributed by atoms with Gasteiger partial charge >= 0.3 is 5.69 Å². The maximum atomic E-state index is 12.6. The summed E-state index contributed by atoms with van der Waals surface area (Å²) >= 11 is 4.13. The second-order valence-electron chi connectivity index (χ2n) is 5.55. The summed E-state index contributed by atoms with van der Waals surface area (Å²) in [6.07, 6.45) is 1.44. The number of imide groups is 1. The molecule has 0 radical (unpaired) electrons. The minimum atomic E-state index is -0.560. The molecule has 0 saturated carbocycles. The maximum absolute atomic E-state index is 12.6. The molecule has 0 aliphatic carbocycles. The quantitative estimate of drug-likeness (QED) is 0.377. The Morgan fingerprint density at radius 2 is 1.93 bits per heavy atom. The van der Waals surface area contributed by atoms with Crippen molar-refractivity contribution in [2.45, 2.75) is 6.54 Å². The highest BCUT2D eigenvalue weighted by molar-refractivity contribution is 9.10. The first-order valence-electron chi connectivity index (χ1n) is 7.72. The Kier molecular flexibility index (Phi) is 5.62. The van der Waals surface area contributed by atoms with Crippen molar-refractivity contribution in [1.29, 1.82) is 0 Å². The Morgan fingerprint density at radius 1 is 1.22 bits per heavy atom. The van der Waals surface area contributed by atoms with E-state index in [4.69, 9.17) is 4.74 Å². The van der Waals surface area contributed by atoms with Gasteiger partial charge in [0.25, 0.3) is 11.1 Å². The van der Waals surface area contributed by atoms with E-state index in [1.165, 1.54) is 25.3 Å². The van der Waals surface area contributed by atoms with E-state index in [-0.39, 0.29) is 22.9 Å². The number of nitro groups is 1. The molecule has 1 heterocycles. The number of carbonyl (C=O) groups is 2. The molecule has 1 fully saturated rings. The number of carbonyl (C=O) groups excluding carboxylic acids is 2. The van der Waals surface area contributed by atoms with Gasteiger partial charge in [-0.15, -0.1) is 0 Å². The fourth-order valence-corrected chi connectivity index (χ4v) is 3.67. The molecule has 3 rings (SSSR count). The SMILES string of the molecule is COc1c(/C=C2\SC(=O)N(Cc3ccc(Br)cc3)C2=O)cccc1[N+](=O)[O-]. The number of amides is 2. The van der Waals surface area contributed by atoms with Crippen LogP contribution in [0.5, 0.6) is 5.75 Å². The lowest BCUT2D eigenvalue weighted by atomic mass is 10.1. The Labute approximate surface area is 167 Å². The maximum Gasteiger partial charge on any atom is 0.311 e. The largest absolute Gasteiger partial charge is 0.490 e. The number of hydrogen-bond donors (Lipinski definition) is 0. The summed E-state index contributed by atoms with van der Waals surface area (Å²) in [7, 11) is 1.32. The van der Waals surface area contributed by atoms with Crippen molar-refractivity contribution in [3.63, 3.8) is 0 Å². The summed E-state index contributed by atoms with van der Waals surface area (Å²) in [5, 5.41) is 10.7. The molecule has 1 saturated heterocycles. The van der Waals surface area contributed by atoms with Crippen molar-refractivity contribution in [2.24, 2.45) is 0 Å². The molecule has 2 amide bonds. The Bertz CT molecular complexity index is 959. The van der Waals surface area contributed by atoms with E-state index >= 15 is 0 Å². The molecule has 1 aliphatic heterocycles. The number of halogens is 1. The fraction of sp³-hybridized carbons (Fsp3) is 0.111. The standard InChI is InChI=1S/C18H13BrN2O5S/c1-26-16-12(3-2-4-14(16)21(24)25)9-15-17(22)20(18(23)27-15)10-11-5-7-13(19)8-6-11/h2-9H,10H2,1H3/b15-9-. The van der Waals surface area contributed by atoms with Gasteiger partial charge in [0, 0.05) is 16.1 Å². The number of ether oxygens (including phenoxy) is 1. The van der Waals surface area contributed by atoms with E-state index in [1.807, 2.05) is 24.3 Å². The number of nitrogens with zero attached hydrogens (tertiary/aromatic N) is 2. The van der Waals surface area contributed by atoms with Crippen LogP contribution in [0.2, 0.25) is 0 Å². The molecule has 1 aliphatic rings. The summed E-state index contributed by atoms with van der Waals surface area (Å²) in [6, 6.07) is 11.7. The molecule has 9 heteroatoms. The van der Waals surface area contributed by atoms with Gasteiger partial charge < -0.3 is 4.74 Å². The molecule has 0 spiro atoms. The van der Waals surface area contributed by atoms with E-state index < -0.39 is 16.1 Å². The van der Waals surface area contributed by atoms with Gasteiger partial charge in [0.2, 0.25) is 5.75 Å². The van der Waals surface area contributed by atoms with Crippen LogP contribution in [0, 0.1) is 10.1 Å². The molecule has 7 nitrogen and oxygen atoms in total. The number of para-hydroxylation sites is 1. The third-order valence-corrected chi connectivity index (χ3v) is 5.28. The average Bonchev–Trinajstić information content (AvgIpc) is 2.90. The van der Waals surface area contributed by atoms with Crippen molar-refractivity contribution in [2.75, 3.05) is 7.11 Å². The predicted molar refractivity (Wildman–Crippen MR) is 105 cm³/mol. The molecule has 0 N–H and O–H groups in total. The molecule has 0 aromatic heterocycles. The van der Waals surface area contributed by atoms with Crippen molar-refractivity contribution < 1.29 is 19.2 Å². The lowest BCUT2D eigenvalue weighted by Crippen LogP contribution is -2.27. The molecule has 2 aromatic rings. The average molecular weight is 449 g/mol. The number of benzene rings is 2. The van der Waals surface area contributed by atoms with Crippen molar-refractivity contribution in [3.8, 4) is 5.75 Å². The van der Waals surface area contributed by atoms with Gasteiger partial charge in [0.15, 0.2) is 0 Å². The number of hydrogen-bond acceptors (Lipinski definition) is 6. The van der Waals surface area contributed by atoms with Crippen molar-refractivity contribution in [1.82, 2.24) is 4.90 Å². The molecule has 138 valence electrons. The third kappa shape index (κ3) is 4.04. The molecule has 2 aromatic carbocycles. The molecule has 0 bridgehead atoms. The predicted octanol–water partition coefficient (Wildman–Crippen LogP) is 4.60.